The van der Waals surface area contributed by atoms with Gasteiger partial charge in [0.1, 0.15) is 5.82 Å². The Balaban J connectivity index is 1.83. The van der Waals surface area contributed by atoms with Crippen LogP contribution in [0.4, 0.5) is 14.6 Å². The summed E-state index contributed by atoms with van der Waals surface area (Å²) in [4.78, 5) is 6.70. The predicted octanol–water partition coefficient (Wildman–Crippen LogP) is 4.39. The number of hydrogen-bond acceptors (Lipinski definition) is 4. The Labute approximate surface area is 169 Å². The molecule has 1 aliphatic heterocycles. The normalized spacial score (nSPS) is 18.2. The van der Waals surface area contributed by atoms with E-state index in [0.717, 1.165) is 22.0 Å². The maximum absolute atomic E-state index is 14.7. The van der Waals surface area contributed by atoms with E-state index in [1.54, 1.807) is 18.2 Å². The molecule has 0 saturated heterocycles. The lowest BCUT2D eigenvalue weighted by Crippen LogP contribution is -2.32. The number of hydrogen-bond donors (Lipinski definition) is 2. The highest BCUT2D eigenvalue weighted by Crippen LogP contribution is 2.38. The highest BCUT2D eigenvalue weighted by Gasteiger charge is 2.37. The van der Waals surface area contributed by atoms with Crippen molar-refractivity contribution in [3.05, 3.63) is 70.8 Å². The highest BCUT2D eigenvalue weighted by atomic mass is 19.3. The molecule has 0 saturated carbocycles. The molecule has 2 atom stereocenters. The fraction of sp³-hybridized carbons (Fsp3) is 0.348. The molecule has 29 heavy (non-hydrogen) atoms. The minimum atomic E-state index is -2.86. The van der Waals surface area contributed by atoms with Gasteiger partial charge in [-0.25, -0.2) is 13.8 Å². The number of rotatable bonds is 3. The smallest absolute Gasteiger partial charge is 0.275 e. The topological polar surface area (TPSA) is 68.2 Å². The Morgan fingerprint density at radius 3 is 2.62 bits per heavy atom. The standard InChI is InChI=1S/C23H26F2N4/c1-14-7-8-20-17(11-14)18(22(27)15(2)26)12-21(28-20)29-10-9-23(24,25)19-6-4-3-5-16(19)13-29/h3-8,11-12,15,22H,9-10,13,26-27H2,1-2H3. The molecular formula is C23H26F2N4. The molecule has 0 radical (unpaired) electrons. The van der Waals surface area contributed by atoms with Crippen LogP contribution in [0.2, 0.25) is 0 Å². The van der Waals surface area contributed by atoms with Crippen molar-refractivity contribution in [1.29, 1.82) is 0 Å². The first kappa shape index (κ1) is 19.7. The van der Waals surface area contributed by atoms with Crippen LogP contribution < -0.4 is 16.4 Å². The minimum Gasteiger partial charge on any atom is -0.352 e. The number of fused-ring (bicyclic) bond motifs is 2. The summed E-state index contributed by atoms with van der Waals surface area (Å²) in [6.07, 6.45) is -0.258. The maximum Gasteiger partial charge on any atom is 0.275 e. The summed E-state index contributed by atoms with van der Waals surface area (Å²) < 4.78 is 29.3. The van der Waals surface area contributed by atoms with Gasteiger partial charge in [-0.1, -0.05) is 35.9 Å². The van der Waals surface area contributed by atoms with Gasteiger partial charge in [-0.3, -0.25) is 0 Å². The molecule has 0 aliphatic carbocycles. The van der Waals surface area contributed by atoms with E-state index in [-0.39, 0.29) is 30.6 Å². The second-order valence-corrected chi connectivity index (χ2v) is 8.01. The summed E-state index contributed by atoms with van der Waals surface area (Å²) >= 11 is 0. The van der Waals surface area contributed by atoms with Gasteiger partial charge in [-0.2, -0.15) is 0 Å². The van der Waals surface area contributed by atoms with Gasteiger partial charge in [0.15, 0.2) is 0 Å². The van der Waals surface area contributed by atoms with E-state index in [0.29, 0.717) is 17.9 Å². The number of aromatic nitrogens is 1. The van der Waals surface area contributed by atoms with Crippen molar-refractivity contribution in [3.8, 4) is 0 Å². The molecule has 2 unspecified atom stereocenters. The molecular weight excluding hydrogens is 370 g/mol. The summed E-state index contributed by atoms with van der Waals surface area (Å²) in [5.74, 6) is -2.20. The van der Waals surface area contributed by atoms with Crippen molar-refractivity contribution in [2.24, 2.45) is 11.5 Å². The van der Waals surface area contributed by atoms with E-state index in [1.807, 2.05) is 36.9 Å². The minimum absolute atomic E-state index is 0.103. The van der Waals surface area contributed by atoms with Crippen LogP contribution in [0.3, 0.4) is 0 Å². The van der Waals surface area contributed by atoms with E-state index in [9.17, 15) is 8.78 Å². The fourth-order valence-electron chi connectivity index (χ4n) is 3.98. The molecule has 4 N–H and O–H groups in total. The van der Waals surface area contributed by atoms with Crippen molar-refractivity contribution in [2.45, 2.75) is 44.8 Å². The summed E-state index contributed by atoms with van der Waals surface area (Å²) in [6, 6.07) is 14.0. The molecule has 0 spiro atoms. The molecule has 152 valence electrons. The first-order valence-corrected chi connectivity index (χ1v) is 9.90. The van der Waals surface area contributed by atoms with Gasteiger partial charge in [0, 0.05) is 42.5 Å². The zero-order chi connectivity index (χ0) is 20.8. The Morgan fingerprint density at radius 1 is 1.10 bits per heavy atom. The zero-order valence-corrected chi connectivity index (χ0v) is 16.7. The average Bonchev–Trinajstić information content (AvgIpc) is 2.83. The van der Waals surface area contributed by atoms with Crippen molar-refractivity contribution in [3.63, 3.8) is 0 Å². The molecule has 4 nitrogen and oxygen atoms in total. The largest absolute Gasteiger partial charge is 0.352 e. The Hall–Kier alpha value is -2.57. The van der Waals surface area contributed by atoms with Gasteiger partial charge in [-0.15, -0.1) is 0 Å². The molecule has 4 rings (SSSR count). The third-order valence-electron chi connectivity index (χ3n) is 5.70. The summed E-state index contributed by atoms with van der Waals surface area (Å²) in [5, 5.41) is 0.958. The monoisotopic (exact) mass is 396 g/mol. The zero-order valence-electron chi connectivity index (χ0n) is 16.7. The number of nitrogens with two attached hydrogens (primary N) is 2. The SMILES string of the molecule is Cc1ccc2nc(N3CCC(F)(F)c4ccccc4C3)cc(C(N)C(C)N)c2c1. The Kier molecular flexibility index (Phi) is 5.00. The number of aryl methyl sites for hydroxylation is 1. The number of alkyl halides is 2. The lowest BCUT2D eigenvalue weighted by molar-refractivity contribution is -0.00967. The number of nitrogens with zero attached hydrogens (tertiary/aromatic N) is 2. The van der Waals surface area contributed by atoms with Gasteiger partial charge < -0.3 is 16.4 Å². The van der Waals surface area contributed by atoms with Crippen LogP contribution >= 0.6 is 0 Å². The third-order valence-corrected chi connectivity index (χ3v) is 5.70. The van der Waals surface area contributed by atoms with Crippen LogP contribution in [0.5, 0.6) is 0 Å². The first-order valence-electron chi connectivity index (χ1n) is 9.90. The highest BCUT2D eigenvalue weighted by molar-refractivity contribution is 5.85. The molecule has 2 heterocycles. The van der Waals surface area contributed by atoms with Crippen LogP contribution in [-0.2, 0) is 12.5 Å². The van der Waals surface area contributed by atoms with E-state index in [4.69, 9.17) is 16.5 Å². The van der Waals surface area contributed by atoms with Crippen molar-refractivity contribution >= 4 is 16.7 Å². The van der Waals surface area contributed by atoms with Gasteiger partial charge in [0.05, 0.1) is 5.52 Å². The van der Waals surface area contributed by atoms with Gasteiger partial charge in [0.25, 0.3) is 5.92 Å². The van der Waals surface area contributed by atoms with E-state index >= 15 is 0 Å². The van der Waals surface area contributed by atoms with Crippen LogP contribution in [0.1, 0.15) is 41.6 Å². The van der Waals surface area contributed by atoms with Crippen LogP contribution in [0, 0.1) is 6.92 Å². The average molecular weight is 396 g/mol. The molecule has 0 fully saturated rings. The van der Waals surface area contributed by atoms with Gasteiger partial charge in [0.2, 0.25) is 0 Å². The van der Waals surface area contributed by atoms with Crippen molar-refractivity contribution in [1.82, 2.24) is 4.98 Å². The third kappa shape index (κ3) is 3.70. The van der Waals surface area contributed by atoms with Crippen molar-refractivity contribution in [2.75, 3.05) is 11.4 Å². The number of halogens is 2. The number of benzene rings is 2. The number of pyridine rings is 1. The Morgan fingerprint density at radius 2 is 1.86 bits per heavy atom. The second kappa shape index (κ2) is 7.35. The maximum atomic E-state index is 14.7. The lowest BCUT2D eigenvalue weighted by Gasteiger charge is -2.25. The lowest BCUT2D eigenvalue weighted by atomic mass is 9.96. The molecule has 0 amide bonds. The summed E-state index contributed by atoms with van der Waals surface area (Å²) in [6.45, 7) is 4.47. The van der Waals surface area contributed by atoms with Crippen molar-refractivity contribution < 1.29 is 8.78 Å². The van der Waals surface area contributed by atoms with E-state index in [1.165, 1.54) is 6.07 Å². The van der Waals surface area contributed by atoms with E-state index in [2.05, 4.69) is 6.07 Å². The van der Waals surface area contributed by atoms with Gasteiger partial charge >= 0.3 is 0 Å². The Bertz CT molecular complexity index is 1050. The molecule has 3 aromatic rings. The van der Waals surface area contributed by atoms with Crippen LogP contribution in [0.15, 0.2) is 48.5 Å². The molecule has 2 aromatic carbocycles. The molecule has 0 bridgehead atoms. The number of anilines is 1. The molecule has 1 aromatic heterocycles. The second-order valence-electron chi connectivity index (χ2n) is 8.01. The summed E-state index contributed by atoms with van der Waals surface area (Å²) in [5.41, 5.74) is 16.0. The van der Waals surface area contributed by atoms with Crippen LogP contribution in [0.25, 0.3) is 10.9 Å². The quantitative estimate of drug-likeness (QED) is 0.689. The first-order chi connectivity index (χ1) is 13.8. The van der Waals surface area contributed by atoms with E-state index < -0.39 is 5.92 Å². The summed E-state index contributed by atoms with van der Waals surface area (Å²) in [7, 11) is 0. The molecule has 1 aliphatic rings. The van der Waals surface area contributed by atoms with Crippen LogP contribution in [-0.4, -0.2) is 17.6 Å². The molecule has 6 heteroatoms. The predicted molar refractivity (Wildman–Crippen MR) is 113 cm³/mol. The fourth-order valence-corrected chi connectivity index (χ4v) is 3.98. The van der Waals surface area contributed by atoms with Gasteiger partial charge in [-0.05, 0) is 43.2 Å².